The molecule has 3 aromatic rings. The van der Waals surface area contributed by atoms with Crippen LogP contribution in [-0.4, -0.2) is 22.6 Å². The number of rotatable bonds is 6. The smallest absolute Gasteiger partial charge is 0.279 e. The third kappa shape index (κ3) is 5.46. The first-order valence-corrected chi connectivity index (χ1v) is 11.8. The van der Waals surface area contributed by atoms with Crippen LogP contribution in [0.3, 0.4) is 0 Å². The van der Waals surface area contributed by atoms with Gasteiger partial charge in [-0.25, -0.2) is 0 Å². The van der Waals surface area contributed by atoms with Crippen LogP contribution in [0.25, 0.3) is 0 Å². The zero-order valence-electron chi connectivity index (χ0n) is 18.2. The Labute approximate surface area is 221 Å². The van der Waals surface area contributed by atoms with Crippen LogP contribution in [0.5, 0.6) is 0 Å². The Kier molecular flexibility index (Phi) is 7.38. The molecule has 0 aliphatic carbocycles. The molecular formula is C25H17Cl4N3O3. The first-order chi connectivity index (χ1) is 16.6. The van der Waals surface area contributed by atoms with Gasteiger partial charge in [0.1, 0.15) is 10.7 Å². The number of hydrogen-bond donors (Lipinski definition) is 2. The molecule has 0 fully saturated rings. The summed E-state index contributed by atoms with van der Waals surface area (Å²) in [5, 5.41) is 6.73. The normalized spacial score (nSPS) is 13.5. The van der Waals surface area contributed by atoms with Gasteiger partial charge in [-0.1, -0.05) is 58.5 Å². The molecule has 1 heterocycles. The number of aryl methyl sites for hydroxylation is 1. The van der Waals surface area contributed by atoms with E-state index >= 15 is 0 Å². The molecule has 10 heteroatoms. The molecule has 0 saturated heterocycles. The number of nitrogens with one attached hydrogen (secondary N) is 2. The summed E-state index contributed by atoms with van der Waals surface area (Å²) in [4.78, 5) is 39.0. The molecule has 0 atom stereocenters. The third-order valence-electron chi connectivity index (χ3n) is 5.30. The second-order valence-corrected chi connectivity index (χ2v) is 9.37. The summed E-state index contributed by atoms with van der Waals surface area (Å²) in [5.41, 5.74) is 2.83. The van der Waals surface area contributed by atoms with E-state index in [0.29, 0.717) is 37.6 Å². The molecule has 1 aliphatic rings. The van der Waals surface area contributed by atoms with Gasteiger partial charge < -0.3 is 10.6 Å². The zero-order valence-corrected chi connectivity index (χ0v) is 21.2. The first kappa shape index (κ1) is 25.1. The van der Waals surface area contributed by atoms with Crippen molar-refractivity contribution in [3.8, 4) is 0 Å². The van der Waals surface area contributed by atoms with Crippen LogP contribution >= 0.6 is 46.4 Å². The van der Waals surface area contributed by atoms with Crippen molar-refractivity contribution in [2.75, 3.05) is 10.6 Å². The highest BCUT2D eigenvalue weighted by Crippen LogP contribution is 2.29. The molecule has 35 heavy (non-hydrogen) atoms. The Morgan fingerprint density at radius 2 is 1.51 bits per heavy atom. The van der Waals surface area contributed by atoms with E-state index in [1.165, 1.54) is 6.07 Å². The van der Waals surface area contributed by atoms with Gasteiger partial charge in [-0.2, -0.15) is 0 Å². The molecule has 0 spiro atoms. The van der Waals surface area contributed by atoms with Crippen molar-refractivity contribution in [3.63, 3.8) is 0 Å². The highest BCUT2D eigenvalue weighted by molar-refractivity contribution is 6.48. The number of anilines is 2. The molecule has 1 aliphatic heterocycles. The van der Waals surface area contributed by atoms with Crippen LogP contribution in [0.4, 0.5) is 11.4 Å². The molecule has 0 unspecified atom stereocenters. The van der Waals surface area contributed by atoms with Crippen molar-refractivity contribution in [2.24, 2.45) is 0 Å². The van der Waals surface area contributed by atoms with Gasteiger partial charge in [-0.15, -0.1) is 0 Å². The molecule has 0 saturated carbocycles. The Balaban J connectivity index is 1.44. The minimum absolute atomic E-state index is 0.0583. The monoisotopic (exact) mass is 547 g/mol. The lowest BCUT2D eigenvalue weighted by Gasteiger charge is -2.16. The van der Waals surface area contributed by atoms with Crippen molar-refractivity contribution in [1.29, 1.82) is 0 Å². The van der Waals surface area contributed by atoms with Crippen LogP contribution in [0.2, 0.25) is 15.1 Å². The average Bonchev–Trinajstić information content (AvgIpc) is 3.02. The molecule has 0 bridgehead atoms. The average molecular weight is 549 g/mol. The molecule has 0 radical (unpaired) electrons. The van der Waals surface area contributed by atoms with E-state index in [2.05, 4.69) is 10.6 Å². The van der Waals surface area contributed by atoms with Gasteiger partial charge in [0.05, 0.1) is 6.54 Å². The zero-order chi connectivity index (χ0) is 25.3. The van der Waals surface area contributed by atoms with Gasteiger partial charge in [0.25, 0.3) is 17.7 Å². The number of carbonyl (C=O) groups excluding carboxylic acids is 3. The number of imide groups is 1. The van der Waals surface area contributed by atoms with Crippen LogP contribution in [0.15, 0.2) is 71.4 Å². The van der Waals surface area contributed by atoms with E-state index in [9.17, 15) is 14.4 Å². The van der Waals surface area contributed by atoms with Crippen LogP contribution in [0, 0.1) is 6.92 Å². The van der Waals surface area contributed by atoms with Gasteiger partial charge in [0, 0.05) is 32.0 Å². The molecule has 3 aromatic carbocycles. The quantitative estimate of drug-likeness (QED) is 0.338. The molecule has 2 N–H and O–H groups in total. The largest absolute Gasteiger partial charge is 0.350 e. The standard InChI is InChI=1S/C25H17Cl4N3O3/c1-13-2-7-18(11-19(13)27)31-23(33)14-4-8-17(9-5-14)30-22-21(29)24(34)32(25(22)35)12-15-3-6-16(26)10-20(15)28/h2-11,30H,12H2,1H3,(H,31,33). The lowest BCUT2D eigenvalue weighted by Crippen LogP contribution is -2.32. The third-order valence-corrected chi connectivity index (χ3v) is 6.65. The van der Waals surface area contributed by atoms with Crippen molar-refractivity contribution in [2.45, 2.75) is 13.5 Å². The summed E-state index contributed by atoms with van der Waals surface area (Å²) in [5.74, 6) is -1.56. The minimum atomic E-state index is -0.641. The van der Waals surface area contributed by atoms with Crippen molar-refractivity contribution >= 4 is 75.5 Å². The fraction of sp³-hybridized carbons (Fsp3) is 0.0800. The predicted molar refractivity (Wildman–Crippen MR) is 139 cm³/mol. The molecule has 4 rings (SSSR count). The number of benzene rings is 3. The predicted octanol–water partition coefficient (Wildman–Crippen LogP) is 6.64. The van der Waals surface area contributed by atoms with Crippen LogP contribution < -0.4 is 10.6 Å². The molecule has 6 nitrogen and oxygen atoms in total. The van der Waals surface area contributed by atoms with Crippen LogP contribution in [-0.2, 0) is 16.1 Å². The van der Waals surface area contributed by atoms with Crippen molar-refractivity contribution in [1.82, 2.24) is 4.90 Å². The Morgan fingerprint density at radius 3 is 2.17 bits per heavy atom. The van der Waals surface area contributed by atoms with Crippen LogP contribution in [0.1, 0.15) is 21.5 Å². The van der Waals surface area contributed by atoms with E-state index in [1.807, 2.05) is 13.0 Å². The lowest BCUT2D eigenvalue weighted by molar-refractivity contribution is -0.138. The second-order valence-electron chi connectivity index (χ2n) is 7.74. The van der Waals surface area contributed by atoms with Gasteiger partial charge in [0.15, 0.2) is 0 Å². The van der Waals surface area contributed by atoms with Gasteiger partial charge in [-0.05, 0) is 66.6 Å². The number of carbonyl (C=O) groups is 3. The first-order valence-electron chi connectivity index (χ1n) is 10.3. The second kappa shape index (κ2) is 10.3. The number of amides is 3. The fourth-order valence-electron chi connectivity index (χ4n) is 3.34. The highest BCUT2D eigenvalue weighted by Gasteiger charge is 2.38. The summed E-state index contributed by atoms with van der Waals surface area (Å²) in [7, 11) is 0. The van der Waals surface area contributed by atoms with Crippen molar-refractivity contribution in [3.05, 3.63) is 103 Å². The summed E-state index contributed by atoms with van der Waals surface area (Å²) < 4.78 is 0. The maximum absolute atomic E-state index is 12.9. The summed E-state index contributed by atoms with van der Waals surface area (Å²) >= 11 is 24.4. The van der Waals surface area contributed by atoms with Gasteiger partial charge >= 0.3 is 0 Å². The van der Waals surface area contributed by atoms with E-state index in [-0.39, 0.29) is 23.2 Å². The summed E-state index contributed by atoms with van der Waals surface area (Å²) in [6.45, 7) is 1.81. The molecule has 178 valence electrons. The Morgan fingerprint density at radius 1 is 0.829 bits per heavy atom. The van der Waals surface area contributed by atoms with Gasteiger partial charge in [0.2, 0.25) is 0 Å². The minimum Gasteiger partial charge on any atom is -0.350 e. The molecule has 3 amide bonds. The van der Waals surface area contributed by atoms with E-state index in [1.54, 1.807) is 48.5 Å². The lowest BCUT2D eigenvalue weighted by atomic mass is 10.1. The maximum atomic E-state index is 12.9. The number of nitrogens with zero attached hydrogens (tertiary/aromatic N) is 1. The SMILES string of the molecule is Cc1ccc(NC(=O)c2ccc(NC3=C(Cl)C(=O)N(Cc4ccc(Cl)cc4Cl)C3=O)cc2)cc1Cl. The Bertz CT molecular complexity index is 1390. The fourth-order valence-corrected chi connectivity index (χ4v) is 4.22. The highest BCUT2D eigenvalue weighted by atomic mass is 35.5. The Hall–Kier alpha value is -3.03. The topological polar surface area (TPSA) is 78.5 Å². The van der Waals surface area contributed by atoms with Crippen molar-refractivity contribution < 1.29 is 14.4 Å². The maximum Gasteiger partial charge on any atom is 0.279 e. The van der Waals surface area contributed by atoms with Gasteiger partial charge in [-0.3, -0.25) is 19.3 Å². The van der Waals surface area contributed by atoms with E-state index in [4.69, 9.17) is 46.4 Å². The number of hydrogen-bond acceptors (Lipinski definition) is 4. The summed E-state index contributed by atoms with van der Waals surface area (Å²) in [6.07, 6.45) is 0. The van der Waals surface area contributed by atoms with E-state index in [0.717, 1.165) is 10.5 Å². The summed E-state index contributed by atoms with van der Waals surface area (Å²) in [6, 6.07) is 16.4. The molecule has 0 aromatic heterocycles. The van der Waals surface area contributed by atoms with E-state index < -0.39 is 11.8 Å². The molecular weight excluding hydrogens is 532 g/mol. The number of halogens is 4.